The first-order valence-corrected chi connectivity index (χ1v) is 6.99. The molecule has 0 unspecified atom stereocenters. The Bertz CT molecular complexity index is 803. The lowest BCUT2D eigenvalue weighted by molar-refractivity contribution is 0.444. The highest BCUT2D eigenvalue weighted by Gasteiger charge is 2.18. The van der Waals surface area contributed by atoms with Crippen LogP contribution in [0.4, 0.5) is 0 Å². The smallest absolute Gasteiger partial charge is 0.234 e. The van der Waals surface area contributed by atoms with E-state index >= 15 is 0 Å². The topological polar surface area (TPSA) is 38.0 Å². The fraction of sp³-hybridized carbons (Fsp3) is 0.167. The van der Waals surface area contributed by atoms with Gasteiger partial charge >= 0.3 is 0 Å². The van der Waals surface area contributed by atoms with Crippen LogP contribution in [0.15, 0.2) is 48.5 Å². The van der Waals surface area contributed by atoms with E-state index in [1.165, 1.54) is 0 Å². The summed E-state index contributed by atoms with van der Waals surface area (Å²) in [7, 11) is 0. The average Bonchev–Trinajstić information content (AvgIpc) is 2.76. The molecule has 0 aliphatic rings. The van der Waals surface area contributed by atoms with Crippen molar-refractivity contribution in [3.05, 3.63) is 65.2 Å². The molecule has 0 aliphatic heterocycles. The lowest BCUT2D eigenvalue weighted by atomic mass is 10.0. The summed E-state index contributed by atoms with van der Waals surface area (Å²) in [5.74, 6) is 0.0785. The molecule has 1 heterocycles. The van der Waals surface area contributed by atoms with Gasteiger partial charge in [-0.2, -0.15) is 0 Å². The van der Waals surface area contributed by atoms with Gasteiger partial charge < -0.3 is 5.11 Å². The van der Waals surface area contributed by atoms with E-state index in [-0.39, 0.29) is 5.88 Å². The van der Waals surface area contributed by atoms with Crippen LogP contribution in [-0.2, 0) is 0 Å². The number of hydrogen-bond donors (Lipinski definition) is 1. The van der Waals surface area contributed by atoms with Gasteiger partial charge in [-0.1, -0.05) is 36.4 Å². The first kappa shape index (κ1) is 13.4. The number of hydrogen-bond acceptors (Lipinski definition) is 2. The monoisotopic (exact) mass is 278 g/mol. The molecule has 106 valence electrons. The molecule has 0 radical (unpaired) electrons. The van der Waals surface area contributed by atoms with Gasteiger partial charge in [0.05, 0.1) is 11.4 Å². The van der Waals surface area contributed by atoms with Gasteiger partial charge in [0, 0.05) is 11.1 Å². The Kier molecular flexibility index (Phi) is 3.26. The fourth-order valence-electron chi connectivity index (χ4n) is 2.59. The first-order chi connectivity index (χ1) is 10.1. The first-order valence-electron chi connectivity index (χ1n) is 6.99. The summed E-state index contributed by atoms with van der Waals surface area (Å²) in [5.41, 5.74) is 6.10. The van der Waals surface area contributed by atoms with Crippen LogP contribution in [0.1, 0.15) is 16.7 Å². The molecule has 3 aromatic rings. The van der Waals surface area contributed by atoms with Crippen LogP contribution in [0.3, 0.4) is 0 Å². The van der Waals surface area contributed by atoms with E-state index in [4.69, 9.17) is 0 Å². The lowest BCUT2D eigenvalue weighted by Gasteiger charge is -2.11. The Balaban J connectivity index is 2.29. The zero-order valence-electron chi connectivity index (χ0n) is 12.5. The van der Waals surface area contributed by atoms with Crippen molar-refractivity contribution in [2.75, 3.05) is 0 Å². The minimum absolute atomic E-state index is 0.0785. The highest BCUT2D eigenvalue weighted by atomic mass is 16.3. The Morgan fingerprint density at radius 1 is 0.952 bits per heavy atom. The molecule has 1 aromatic heterocycles. The molecule has 3 rings (SSSR count). The molecule has 0 saturated carbocycles. The molecule has 0 atom stereocenters. The minimum Gasteiger partial charge on any atom is -0.492 e. The zero-order valence-corrected chi connectivity index (χ0v) is 12.5. The SMILES string of the molecule is Cc1cccc(-n2nc(O)c(C)c2-c2ccccc2C)c1. The fourth-order valence-corrected chi connectivity index (χ4v) is 2.59. The largest absolute Gasteiger partial charge is 0.492 e. The second-order valence-electron chi connectivity index (χ2n) is 5.36. The molecule has 0 spiro atoms. The second-order valence-corrected chi connectivity index (χ2v) is 5.36. The minimum atomic E-state index is 0.0785. The van der Waals surface area contributed by atoms with Crippen molar-refractivity contribution in [2.45, 2.75) is 20.8 Å². The Morgan fingerprint density at radius 3 is 2.43 bits per heavy atom. The van der Waals surface area contributed by atoms with Gasteiger partial charge in [-0.05, 0) is 44.0 Å². The molecular formula is C18H18N2O. The van der Waals surface area contributed by atoms with E-state index in [0.29, 0.717) is 0 Å². The Morgan fingerprint density at radius 2 is 1.71 bits per heavy atom. The second kappa shape index (κ2) is 5.09. The van der Waals surface area contributed by atoms with Gasteiger partial charge in [-0.3, -0.25) is 0 Å². The Hall–Kier alpha value is -2.55. The summed E-state index contributed by atoms with van der Waals surface area (Å²) in [6.07, 6.45) is 0. The standard InChI is InChI=1S/C18H18N2O/c1-12-7-6-9-15(11-12)20-17(14(3)18(21)19-20)16-10-5-4-8-13(16)2/h4-11H,1-3H3,(H,19,21). The molecule has 0 aliphatic carbocycles. The number of aryl methyl sites for hydroxylation is 2. The van der Waals surface area contributed by atoms with Gasteiger partial charge in [-0.25, -0.2) is 4.68 Å². The summed E-state index contributed by atoms with van der Waals surface area (Å²) in [6.45, 7) is 6.02. The molecule has 1 N–H and O–H groups in total. The lowest BCUT2D eigenvalue weighted by Crippen LogP contribution is -2.00. The third-order valence-electron chi connectivity index (χ3n) is 3.74. The number of aromatic hydroxyl groups is 1. The van der Waals surface area contributed by atoms with E-state index in [9.17, 15) is 5.11 Å². The van der Waals surface area contributed by atoms with Crippen molar-refractivity contribution in [2.24, 2.45) is 0 Å². The zero-order chi connectivity index (χ0) is 15.0. The van der Waals surface area contributed by atoms with Crippen LogP contribution in [0.2, 0.25) is 0 Å². The summed E-state index contributed by atoms with van der Waals surface area (Å²) < 4.78 is 1.82. The molecule has 0 bridgehead atoms. The van der Waals surface area contributed by atoms with Crippen LogP contribution in [-0.4, -0.2) is 14.9 Å². The molecule has 0 fully saturated rings. The number of aromatic nitrogens is 2. The molecule has 0 saturated heterocycles. The van der Waals surface area contributed by atoms with E-state index in [2.05, 4.69) is 30.2 Å². The van der Waals surface area contributed by atoms with Crippen molar-refractivity contribution in [1.82, 2.24) is 9.78 Å². The van der Waals surface area contributed by atoms with Crippen molar-refractivity contribution < 1.29 is 5.11 Å². The maximum Gasteiger partial charge on any atom is 0.234 e. The predicted molar refractivity (Wildman–Crippen MR) is 84.9 cm³/mol. The summed E-state index contributed by atoms with van der Waals surface area (Å²) in [4.78, 5) is 0. The summed E-state index contributed by atoms with van der Waals surface area (Å²) in [6, 6.07) is 16.3. The van der Waals surface area contributed by atoms with E-state index in [0.717, 1.165) is 33.6 Å². The number of rotatable bonds is 2. The van der Waals surface area contributed by atoms with Crippen molar-refractivity contribution in [3.63, 3.8) is 0 Å². The third-order valence-corrected chi connectivity index (χ3v) is 3.74. The van der Waals surface area contributed by atoms with E-state index in [1.54, 1.807) is 0 Å². The van der Waals surface area contributed by atoms with Crippen LogP contribution in [0.5, 0.6) is 5.88 Å². The molecule has 3 heteroatoms. The maximum absolute atomic E-state index is 10.1. The number of nitrogens with zero attached hydrogens (tertiary/aromatic N) is 2. The Labute approximate surface area is 124 Å². The van der Waals surface area contributed by atoms with Gasteiger partial charge in [-0.15, -0.1) is 5.10 Å². The quantitative estimate of drug-likeness (QED) is 0.764. The molecule has 3 nitrogen and oxygen atoms in total. The van der Waals surface area contributed by atoms with Crippen molar-refractivity contribution in [1.29, 1.82) is 0 Å². The normalized spacial score (nSPS) is 10.8. The molecular weight excluding hydrogens is 260 g/mol. The van der Waals surface area contributed by atoms with Crippen LogP contribution >= 0.6 is 0 Å². The van der Waals surface area contributed by atoms with Crippen LogP contribution in [0, 0.1) is 20.8 Å². The van der Waals surface area contributed by atoms with E-state index < -0.39 is 0 Å². The van der Waals surface area contributed by atoms with Gasteiger partial charge in [0.25, 0.3) is 0 Å². The number of benzene rings is 2. The third kappa shape index (κ3) is 2.31. The van der Waals surface area contributed by atoms with Crippen LogP contribution in [0.25, 0.3) is 16.9 Å². The van der Waals surface area contributed by atoms with Crippen LogP contribution < -0.4 is 0 Å². The maximum atomic E-state index is 10.1. The van der Waals surface area contributed by atoms with Gasteiger partial charge in [0.1, 0.15) is 0 Å². The molecule has 2 aromatic carbocycles. The highest BCUT2D eigenvalue weighted by Crippen LogP contribution is 2.33. The summed E-state index contributed by atoms with van der Waals surface area (Å²) in [5, 5.41) is 14.4. The van der Waals surface area contributed by atoms with Gasteiger partial charge in [0.15, 0.2) is 0 Å². The van der Waals surface area contributed by atoms with Crippen molar-refractivity contribution >= 4 is 0 Å². The highest BCUT2D eigenvalue weighted by molar-refractivity contribution is 5.70. The predicted octanol–water partition coefficient (Wildman–Crippen LogP) is 4.17. The van der Waals surface area contributed by atoms with Gasteiger partial charge in [0.2, 0.25) is 5.88 Å². The van der Waals surface area contributed by atoms with Crippen molar-refractivity contribution in [3.8, 4) is 22.8 Å². The van der Waals surface area contributed by atoms with E-state index in [1.807, 2.05) is 48.9 Å². The molecule has 0 amide bonds. The summed E-state index contributed by atoms with van der Waals surface area (Å²) >= 11 is 0. The molecule has 21 heavy (non-hydrogen) atoms. The average molecular weight is 278 g/mol.